The van der Waals surface area contributed by atoms with Crippen molar-refractivity contribution < 1.29 is 14.6 Å². The van der Waals surface area contributed by atoms with Gasteiger partial charge in [0.2, 0.25) is 0 Å². The molecule has 2 bridgehead atoms. The van der Waals surface area contributed by atoms with Crippen LogP contribution in [0.15, 0.2) is 0 Å². The average Bonchev–Trinajstić information content (AvgIpc) is 2.74. The van der Waals surface area contributed by atoms with Crippen LogP contribution in [-0.2, 0) is 9.53 Å². The van der Waals surface area contributed by atoms with Crippen molar-refractivity contribution in [2.75, 3.05) is 13.7 Å². The maximum atomic E-state index is 11.4. The Bertz CT molecular complexity index is 239. The summed E-state index contributed by atoms with van der Waals surface area (Å²) < 4.78 is 5.02. The van der Waals surface area contributed by atoms with Crippen molar-refractivity contribution >= 4 is 5.97 Å². The number of hydrogen-bond acceptors (Lipinski definition) is 2. The molecule has 3 atom stereocenters. The molecular weight excluding hydrogens is 180 g/mol. The van der Waals surface area contributed by atoms with Gasteiger partial charge in [-0.05, 0) is 37.5 Å². The lowest BCUT2D eigenvalue weighted by Gasteiger charge is -2.33. The smallest absolute Gasteiger partial charge is 0.310 e. The van der Waals surface area contributed by atoms with E-state index in [0.717, 1.165) is 19.3 Å². The van der Waals surface area contributed by atoms with Gasteiger partial charge in [0, 0.05) is 13.7 Å². The van der Waals surface area contributed by atoms with Gasteiger partial charge in [0.1, 0.15) is 0 Å². The van der Waals surface area contributed by atoms with Crippen molar-refractivity contribution in [2.24, 2.45) is 17.3 Å². The molecule has 0 amide bonds. The number of carboxylic acid groups (broad SMARTS) is 1. The molecule has 0 radical (unpaired) electrons. The minimum absolute atomic E-state index is 0.417. The van der Waals surface area contributed by atoms with Crippen molar-refractivity contribution in [3.8, 4) is 0 Å². The Morgan fingerprint density at radius 3 is 2.79 bits per heavy atom. The fourth-order valence-electron chi connectivity index (χ4n) is 3.40. The first-order valence-electron chi connectivity index (χ1n) is 5.41. The molecule has 3 heteroatoms. The topological polar surface area (TPSA) is 46.5 Å². The molecule has 2 saturated carbocycles. The van der Waals surface area contributed by atoms with Gasteiger partial charge in [-0.3, -0.25) is 4.79 Å². The maximum Gasteiger partial charge on any atom is 0.310 e. The molecule has 80 valence electrons. The summed E-state index contributed by atoms with van der Waals surface area (Å²) in [6, 6.07) is 0. The predicted octanol–water partition coefficient (Wildman–Crippen LogP) is 1.91. The molecule has 0 saturated heterocycles. The fourth-order valence-corrected chi connectivity index (χ4v) is 3.40. The van der Waals surface area contributed by atoms with Gasteiger partial charge in [0.15, 0.2) is 0 Å². The zero-order valence-electron chi connectivity index (χ0n) is 8.66. The molecule has 0 heterocycles. The minimum Gasteiger partial charge on any atom is -0.481 e. The van der Waals surface area contributed by atoms with E-state index in [0.29, 0.717) is 24.9 Å². The van der Waals surface area contributed by atoms with Crippen LogP contribution in [0.25, 0.3) is 0 Å². The lowest BCUT2D eigenvalue weighted by molar-refractivity contribution is -0.153. The lowest BCUT2D eigenvalue weighted by Crippen LogP contribution is -2.37. The molecule has 2 aliphatic rings. The SMILES string of the molecule is COCCC1(C(=O)O)CC2CCC1C2. The van der Waals surface area contributed by atoms with Crippen LogP contribution in [0.4, 0.5) is 0 Å². The molecule has 0 aromatic heterocycles. The second-order valence-electron chi connectivity index (χ2n) is 4.78. The quantitative estimate of drug-likeness (QED) is 0.750. The average molecular weight is 198 g/mol. The third-order valence-electron chi connectivity index (χ3n) is 4.15. The monoisotopic (exact) mass is 198 g/mol. The van der Waals surface area contributed by atoms with Gasteiger partial charge in [-0.25, -0.2) is 0 Å². The van der Waals surface area contributed by atoms with E-state index in [2.05, 4.69) is 0 Å². The van der Waals surface area contributed by atoms with Gasteiger partial charge >= 0.3 is 5.97 Å². The summed E-state index contributed by atoms with van der Waals surface area (Å²) in [5, 5.41) is 9.36. The van der Waals surface area contributed by atoms with E-state index < -0.39 is 11.4 Å². The molecular formula is C11H18O3. The number of rotatable bonds is 4. The summed E-state index contributed by atoms with van der Waals surface area (Å²) >= 11 is 0. The molecule has 3 unspecified atom stereocenters. The van der Waals surface area contributed by atoms with E-state index in [9.17, 15) is 9.90 Å². The second kappa shape index (κ2) is 3.54. The molecule has 0 aromatic rings. The van der Waals surface area contributed by atoms with E-state index in [4.69, 9.17) is 4.74 Å². The van der Waals surface area contributed by atoms with Crippen LogP contribution in [0.2, 0.25) is 0 Å². The molecule has 1 N–H and O–H groups in total. The Morgan fingerprint density at radius 2 is 2.36 bits per heavy atom. The van der Waals surface area contributed by atoms with E-state index in [-0.39, 0.29) is 0 Å². The molecule has 0 aromatic carbocycles. The van der Waals surface area contributed by atoms with Crippen molar-refractivity contribution in [3.05, 3.63) is 0 Å². The predicted molar refractivity (Wildman–Crippen MR) is 52.0 cm³/mol. The summed E-state index contributed by atoms with van der Waals surface area (Å²) in [6.07, 6.45) is 5.07. The first-order valence-corrected chi connectivity index (χ1v) is 5.41. The normalized spacial score (nSPS) is 40.4. The van der Waals surface area contributed by atoms with Gasteiger partial charge < -0.3 is 9.84 Å². The third-order valence-corrected chi connectivity index (χ3v) is 4.15. The highest BCUT2D eigenvalue weighted by molar-refractivity contribution is 5.75. The number of hydrogen-bond donors (Lipinski definition) is 1. The van der Waals surface area contributed by atoms with Gasteiger partial charge in [-0.1, -0.05) is 6.42 Å². The highest BCUT2D eigenvalue weighted by Gasteiger charge is 2.55. The van der Waals surface area contributed by atoms with Crippen molar-refractivity contribution in [3.63, 3.8) is 0 Å². The Labute approximate surface area is 84.4 Å². The summed E-state index contributed by atoms with van der Waals surface area (Å²) in [5.74, 6) is 0.495. The summed E-state index contributed by atoms with van der Waals surface area (Å²) in [5.41, 5.74) is -0.446. The number of ether oxygens (including phenoxy) is 1. The first-order chi connectivity index (χ1) is 6.69. The number of carbonyl (C=O) groups is 1. The molecule has 2 rings (SSSR count). The second-order valence-corrected chi connectivity index (χ2v) is 4.78. The minimum atomic E-state index is -0.596. The Hall–Kier alpha value is -0.570. The molecule has 2 fully saturated rings. The highest BCUT2D eigenvalue weighted by atomic mass is 16.5. The Balaban J connectivity index is 2.11. The van der Waals surface area contributed by atoms with Crippen LogP contribution in [0.1, 0.15) is 32.1 Å². The number of methoxy groups -OCH3 is 1. The Morgan fingerprint density at radius 1 is 1.57 bits per heavy atom. The number of carboxylic acids is 1. The largest absolute Gasteiger partial charge is 0.481 e. The fraction of sp³-hybridized carbons (Fsp3) is 0.909. The van der Waals surface area contributed by atoms with Gasteiger partial charge in [0.05, 0.1) is 5.41 Å². The van der Waals surface area contributed by atoms with Crippen LogP contribution in [0, 0.1) is 17.3 Å². The van der Waals surface area contributed by atoms with Crippen LogP contribution >= 0.6 is 0 Å². The van der Waals surface area contributed by atoms with Crippen LogP contribution in [0.5, 0.6) is 0 Å². The van der Waals surface area contributed by atoms with Crippen molar-refractivity contribution in [2.45, 2.75) is 32.1 Å². The van der Waals surface area contributed by atoms with Crippen molar-refractivity contribution in [1.82, 2.24) is 0 Å². The first kappa shape index (κ1) is 9.97. The third kappa shape index (κ3) is 1.34. The summed E-state index contributed by atoms with van der Waals surface area (Å²) in [7, 11) is 1.64. The van der Waals surface area contributed by atoms with Gasteiger partial charge in [-0.15, -0.1) is 0 Å². The number of fused-ring (bicyclic) bond motifs is 2. The lowest BCUT2D eigenvalue weighted by atomic mass is 9.71. The molecule has 14 heavy (non-hydrogen) atoms. The molecule has 0 spiro atoms. The van der Waals surface area contributed by atoms with E-state index >= 15 is 0 Å². The van der Waals surface area contributed by atoms with E-state index in [1.165, 1.54) is 6.42 Å². The summed E-state index contributed by atoms with van der Waals surface area (Å²) in [4.78, 5) is 11.4. The standard InChI is InChI=1S/C11H18O3/c1-14-5-4-11(10(12)13)7-8-2-3-9(11)6-8/h8-9H,2-7H2,1H3,(H,12,13). The van der Waals surface area contributed by atoms with Gasteiger partial charge in [0.25, 0.3) is 0 Å². The van der Waals surface area contributed by atoms with Crippen LogP contribution in [0.3, 0.4) is 0 Å². The molecule has 3 nitrogen and oxygen atoms in total. The van der Waals surface area contributed by atoms with Crippen molar-refractivity contribution in [1.29, 1.82) is 0 Å². The zero-order chi connectivity index (χ0) is 10.2. The maximum absolute atomic E-state index is 11.4. The molecule has 2 aliphatic carbocycles. The number of aliphatic carboxylic acids is 1. The zero-order valence-corrected chi connectivity index (χ0v) is 8.66. The van der Waals surface area contributed by atoms with Crippen LogP contribution < -0.4 is 0 Å². The highest BCUT2D eigenvalue weighted by Crippen LogP contribution is 2.57. The Kier molecular flexibility index (Phi) is 2.52. The van der Waals surface area contributed by atoms with E-state index in [1.807, 2.05) is 0 Å². The van der Waals surface area contributed by atoms with Crippen LogP contribution in [-0.4, -0.2) is 24.8 Å². The molecule has 0 aliphatic heterocycles. The van der Waals surface area contributed by atoms with Gasteiger partial charge in [-0.2, -0.15) is 0 Å². The summed E-state index contributed by atoms with van der Waals surface area (Å²) in [6.45, 7) is 0.579. The van der Waals surface area contributed by atoms with E-state index in [1.54, 1.807) is 7.11 Å².